The van der Waals surface area contributed by atoms with Crippen molar-refractivity contribution in [2.45, 2.75) is 38.3 Å². The minimum atomic E-state index is -0.172. The standard InChI is InChI=1S/C18H23N3O3/c22-10-8-14-5-3-4-9-21(14)18(24)19-12-13-11-17(23)20-16-7-2-1-6-15(13)16/h1-2,6-7,11,14,22H,3-5,8-10,12H2,(H,19,24)(H,20,23). The number of hydrogen-bond donors (Lipinski definition) is 3. The number of aliphatic hydroxyl groups is 1. The fourth-order valence-corrected chi connectivity index (χ4v) is 3.41. The average Bonchev–Trinajstić information content (AvgIpc) is 2.60. The van der Waals surface area contributed by atoms with E-state index >= 15 is 0 Å². The molecule has 1 saturated heterocycles. The number of pyridine rings is 1. The Morgan fingerprint density at radius 3 is 3.00 bits per heavy atom. The normalized spacial score (nSPS) is 17.9. The lowest BCUT2D eigenvalue weighted by atomic mass is 10.00. The Morgan fingerprint density at radius 1 is 1.33 bits per heavy atom. The number of aromatic nitrogens is 1. The molecule has 1 aromatic heterocycles. The molecule has 6 heteroatoms. The Balaban J connectivity index is 1.73. The van der Waals surface area contributed by atoms with Crippen molar-refractivity contribution in [2.75, 3.05) is 13.2 Å². The van der Waals surface area contributed by atoms with Gasteiger partial charge in [-0.3, -0.25) is 4.79 Å². The summed E-state index contributed by atoms with van der Waals surface area (Å²) >= 11 is 0. The molecule has 0 spiro atoms. The summed E-state index contributed by atoms with van der Waals surface area (Å²) in [5.41, 5.74) is 1.40. The van der Waals surface area contributed by atoms with Crippen LogP contribution >= 0.6 is 0 Å². The molecule has 0 aliphatic carbocycles. The van der Waals surface area contributed by atoms with Crippen LogP contribution in [-0.2, 0) is 6.54 Å². The lowest BCUT2D eigenvalue weighted by Gasteiger charge is -2.35. The molecular weight excluding hydrogens is 306 g/mol. The molecule has 1 atom stereocenters. The number of likely N-dealkylation sites (tertiary alicyclic amines) is 1. The molecule has 1 aliphatic heterocycles. The Bertz CT molecular complexity index is 769. The van der Waals surface area contributed by atoms with Crippen molar-refractivity contribution >= 4 is 16.9 Å². The first-order chi connectivity index (χ1) is 11.7. The molecule has 2 amide bonds. The van der Waals surface area contributed by atoms with Gasteiger partial charge in [-0.1, -0.05) is 18.2 Å². The van der Waals surface area contributed by atoms with E-state index in [9.17, 15) is 14.7 Å². The predicted molar refractivity (Wildman–Crippen MR) is 92.9 cm³/mol. The molecule has 2 aromatic rings. The quantitative estimate of drug-likeness (QED) is 0.802. The fraction of sp³-hybridized carbons (Fsp3) is 0.444. The third-order valence-corrected chi connectivity index (χ3v) is 4.62. The summed E-state index contributed by atoms with van der Waals surface area (Å²) in [5, 5.41) is 13.0. The van der Waals surface area contributed by atoms with Crippen molar-refractivity contribution in [3.05, 3.63) is 46.2 Å². The van der Waals surface area contributed by atoms with Crippen LogP contribution in [0.3, 0.4) is 0 Å². The van der Waals surface area contributed by atoms with Gasteiger partial charge in [-0.15, -0.1) is 0 Å². The van der Waals surface area contributed by atoms with Gasteiger partial charge < -0.3 is 20.3 Å². The molecule has 128 valence electrons. The maximum Gasteiger partial charge on any atom is 0.317 e. The predicted octanol–water partition coefficient (Wildman–Crippen LogP) is 1.97. The van der Waals surface area contributed by atoms with Gasteiger partial charge in [0.1, 0.15) is 0 Å². The third kappa shape index (κ3) is 3.59. The van der Waals surface area contributed by atoms with Crippen LogP contribution in [0.4, 0.5) is 4.79 Å². The summed E-state index contributed by atoms with van der Waals surface area (Å²) in [7, 11) is 0. The van der Waals surface area contributed by atoms with Crippen LogP contribution in [0, 0.1) is 0 Å². The van der Waals surface area contributed by atoms with Gasteiger partial charge >= 0.3 is 6.03 Å². The molecule has 6 nitrogen and oxygen atoms in total. The van der Waals surface area contributed by atoms with Crippen LogP contribution < -0.4 is 10.9 Å². The average molecular weight is 329 g/mol. The molecule has 3 rings (SSSR count). The number of para-hydroxylation sites is 1. The van der Waals surface area contributed by atoms with Gasteiger partial charge in [-0.05, 0) is 37.3 Å². The lowest BCUT2D eigenvalue weighted by Crippen LogP contribution is -2.48. The van der Waals surface area contributed by atoms with Crippen molar-refractivity contribution in [3.8, 4) is 0 Å². The molecule has 0 bridgehead atoms. The summed E-state index contributed by atoms with van der Waals surface area (Å²) < 4.78 is 0. The van der Waals surface area contributed by atoms with E-state index in [1.54, 1.807) is 0 Å². The van der Waals surface area contributed by atoms with Gasteiger partial charge in [0, 0.05) is 42.7 Å². The van der Waals surface area contributed by atoms with Crippen LogP contribution in [0.1, 0.15) is 31.2 Å². The Hall–Kier alpha value is -2.34. The summed E-state index contributed by atoms with van der Waals surface area (Å²) in [4.78, 5) is 28.9. The zero-order chi connectivity index (χ0) is 16.9. The maximum atomic E-state index is 12.5. The number of benzene rings is 1. The Kier molecular flexibility index (Phi) is 5.15. The van der Waals surface area contributed by atoms with E-state index in [0.29, 0.717) is 19.5 Å². The number of hydrogen-bond acceptors (Lipinski definition) is 3. The number of fused-ring (bicyclic) bond motifs is 1. The number of piperidine rings is 1. The second kappa shape index (κ2) is 7.49. The maximum absolute atomic E-state index is 12.5. The van der Waals surface area contributed by atoms with E-state index in [-0.39, 0.29) is 24.2 Å². The van der Waals surface area contributed by atoms with E-state index in [4.69, 9.17) is 0 Å². The minimum absolute atomic E-state index is 0.0904. The van der Waals surface area contributed by atoms with Crippen molar-refractivity contribution in [2.24, 2.45) is 0 Å². The van der Waals surface area contributed by atoms with Gasteiger partial charge in [0.05, 0.1) is 0 Å². The minimum Gasteiger partial charge on any atom is -0.396 e. The molecule has 0 radical (unpaired) electrons. The van der Waals surface area contributed by atoms with Crippen LogP contribution in [0.2, 0.25) is 0 Å². The molecular formula is C18H23N3O3. The number of amides is 2. The zero-order valence-electron chi connectivity index (χ0n) is 13.6. The van der Waals surface area contributed by atoms with Crippen LogP contribution in [0.15, 0.2) is 35.1 Å². The molecule has 24 heavy (non-hydrogen) atoms. The molecule has 1 aliphatic rings. The molecule has 1 unspecified atom stereocenters. The number of aromatic amines is 1. The number of H-pyrrole nitrogens is 1. The van der Waals surface area contributed by atoms with Gasteiger partial charge in [0.15, 0.2) is 0 Å². The highest BCUT2D eigenvalue weighted by Gasteiger charge is 2.26. The van der Waals surface area contributed by atoms with Gasteiger partial charge in [-0.2, -0.15) is 0 Å². The number of carbonyl (C=O) groups is 1. The molecule has 3 N–H and O–H groups in total. The summed E-state index contributed by atoms with van der Waals surface area (Å²) in [6.07, 6.45) is 3.62. The summed E-state index contributed by atoms with van der Waals surface area (Å²) in [6.45, 7) is 1.12. The first kappa shape index (κ1) is 16.5. The van der Waals surface area contributed by atoms with E-state index in [1.807, 2.05) is 29.2 Å². The Morgan fingerprint density at radius 2 is 2.17 bits per heavy atom. The van der Waals surface area contributed by atoms with Gasteiger partial charge in [0.2, 0.25) is 5.56 Å². The van der Waals surface area contributed by atoms with E-state index in [1.165, 1.54) is 6.07 Å². The third-order valence-electron chi connectivity index (χ3n) is 4.62. The molecule has 1 aromatic carbocycles. The lowest BCUT2D eigenvalue weighted by molar-refractivity contribution is 0.131. The number of urea groups is 1. The zero-order valence-corrected chi connectivity index (χ0v) is 13.6. The van der Waals surface area contributed by atoms with Crippen molar-refractivity contribution in [1.82, 2.24) is 15.2 Å². The highest BCUT2D eigenvalue weighted by Crippen LogP contribution is 2.20. The number of nitrogens with zero attached hydrogens (tertiary/aromatic N) is 1. The fourth-order valence-electron chi connectivity index (χ4n) is 3.41. The summed E-state index contributed by atoms with van der Waals surface area (Å²) in [6, 6.07) is 9.06. The van der Waals surface area contributed by atoms with E-state index in [0.717, 1.165) is 35.7 Å². The smallest absolute Gasteiger partial charge is 0.317 e. The molecule has 1 fully saturated rings. The first-order valence-corrected chi connectivity index (χ1v) is 8.45. The number of rotatable bonds is 4. The number of carbonyl (C=O) groups excluding carboxylic acids is 1. The SMILES string of the molecule is O=C(NCc1cc(=O)[nH]c2ccccc12)N1CCCCC1CCO. The second-order valence-corrected chi connectivity index (χ2v) is 6.22. The first-order valence-electron chi connectivity index (χ1n) is 8.45. The number of nitrogens with one attached hydrogen (secondary N) is 2. The van der Waals surface area contributed by atoms with Gasteiger partial charge in [-0.25, -0.2) is 4.79 Å². The van der Waals surface area contributed by atoms with E-state index < -0.39 is 0 Å². The van der Waals surface area contributed by atoms with Crippen LogP contribution in [-0.4, -0.2) is 40.2 Å². The van der Waals surface area contributed by atoms with Crippen molar-refractivity contribution in [1.29, 1.82) is 0 Å². The number of aliphatic hydroxyl groups excluding tert-OH is 1. The molecule has 0 saturated carbocycles. The van der Waals surface area contributed by atoms with Gasteiger partial charge in [0.25, 0.3) is 0 Å². The van der Waals surface area contributed by atoms with Crippen LogP contribution in [0.5, 0.6) is 0 Å². The largest absolute Gasteiger partial charge is 0.396 e. The van der Waals surface area contributed by atoms with Crippen molar-refractivity contribution in [3.63, 3.8) is 0 Å². The van der Waals surface area contributed by atoms with Crippen LogP contribution in [0.25, 0.3) is 10.9 Å². The highest BCUT2D eigenvalue weighted by atomic mass is 16.3. The van der Waals surface area contributed by atoms with E-state index in [2.05, 4.69) is 10.3 Å². The molecule has 2 heterocycles. The summed E-state index contributed by atoms with van der Waals surface area (Å²) in [5.74, 6) is 0. The Labute approximate surface area is 140 Å². The highest BCUT2D eigenvalue weighted by molar-refractivity contribution is 5.82. The monoisotopic (exact) mass is 329 g/mol. The van der Waals surface area contributed by atoms with Crippen molar-refractivity contribution < 1.29 is 9.90 Å². The topological polar surface area (TPSA) is 85.4 Å². The second-order valence-electron chi connectivity index (χ2n) is 6.22.